The lowest BCUT2D eigenvalue weighted by molar-refractivity contribution is -0.652. The van der Waals surface area contributed by atoms with Crippen LogP contribution < -0.4 is 33.9 Å². The molecule has 22 heavy (non-hydrogen) atoms. The zero-order chi connectivity index (χ0) is 15.0. The van der Waals surface area contributed by atoms with Crippen LogP contribution in [-0.2, 0) is 11.8 Å². The fourth-order valence-corrected chi connectivity index (χ4v) is 2.66. The minimum atomic E-state index is -0.0591. The third-order valence-corrected chi connectivity index (χ3v) is 3.72. The van der Waals surface area contributed by atoms with Gasteiger partial charge in [-0.1, -0.05) is 18.2 Å². The monoisotopic (exact) mass is 407 g/mol. The molecule has 1 N–H and O–H groups in total. The van der Waals surface area contributed by atoms with Gasteiger partial charge in [-0.3, -0.25) is 4.79 Å². The normalized spacial score (nSPS) is 10.3. The van der Waals surface area contributed by atoms with Crippen molar-refractivity contribution in [3.8, 4) is 5.69 Å². The Hall–Kier alpha value is -1.89. The van der Waals surface area contributed by atoms with Gasteiger partial charge >= 0.3 is 0 Å². The molecule has 0 spiro atoms. The lowest BCUT2D eigenvalue weighted by Gasteiger charge is -2.01. The number of hydrogen-bond acceptors (Lipinski definition) is 1. The van der Waals surface area contributed by atoms with Crippen molar-refractivity contribution in [2.24, 2.45) is 7.05 Å². The maximum Gasteiger partial charge on any atom is 0.259 e. The Balaban J connectivity index is 0.00000176. The van der Waals surface area contributed by atoms with E-state index < -0.39 is 0 Å². The van der Waals surface area contributed by atoms with E-state index in [0.717, 1.165) is 28.2 Å². The maximum atomic E-state index is 11.2. The molecule has 1 heterocycles. The Bertz CT molecular complexity index is 825. The highest BCUT2D eigenvalue weighted by Crippen LogP contribution is 2.22. The van der Waals surface area contributed by atoms with Crippen molar-refractivity contribution in [2.75, 3.05) is 5.32 Å². The van der Waals surface area contributed by atoms with Crippen LogP contribution in [0, 0.1) is 6.92 Å². The Kier molecular flexibility index (Phi) is 4.85. The van der Waals surface area contributed by atoms with Crippen molar-refractivity contribution in [3.05, 3.63) is 54.4 Å². The first-order chi connectivity index (χ1) is 10.1. The van der Waals surface area contributed by atoms with Gasteiger partial charge in [0.05, 0.1) is 7.05 Å². The number of aryl methyl sites for hydroxylation is 1. The number of aromatic nitrogens is 2. The molecule has 0 fully saturated rings. The summed E-state index contributed by atoms with van der Waals surface area (Å²) < 4.78 is 4.35. The van der Waals surface area contributed by atoms with Gasteiger partial charge in [0, 0.05) is 25.6 Å². The number of nitrogens with zero attached hydrogens (tertiary/aromatic N) is 2. The van der Waals surface area contributed by atoms with Crippen LogP contribution in [0.25, 0.3) is 16.7 Å². The summed E-state index contributed by atoms with van der Waals surface area (Å²) in [5, 5.41) is 2.83. The summed E-state index contributed by atoms with van der Waals surface area (Å²) in [6, 6.07) is 16.2. The Labute approximate surface area is 146 Å². The fraction of sp³-hybridized carbons (Fsp3) is 0.176. The third-order valence-electron chi connectivity index (χ3n) is 3.72. The average Bonchev–Trinajstić information content (AvgIpc) is 2.71. The number of hydrogen-bond donors (Lipinski definition) is 1. The van der Waals surface area contributed by atoms with E-state index in [1.807, 2.05) is 43.4 Å². The maximum absolute atomic E-state index is 11.2. The van der Waals surface area contributed by atoms with E-state index in [1.54, 1.807) is 0 Å². The van der Waals surface area contributed by atoms with Crippen LogP contribution in [0.1, 0.15) is 12.7 Å². The number of benzene rings is 2. The smallest absolute Gasteiger partial charge is 0.259 e. The number of carbonyl (C=O) groups is 1. The van der Waals surface area contributed by atoms with E-state index in [9.17, 15) is 4.79 Å². The number of imidazole rings is 1. The van der Waals surface area contributed by atoms with Crippen molar-refractivity contribution in [1.29, 1.82) is 0 Å². The molecule has 3 aromatic rings. The summed E-state index contributed by atoms with van der Waals surface area (Å²) in [5.74, 6) is 1.08. The number of fused-ring (bicyclic) bond motifs is 1. The quantitative estimate of drug-likeness (QED) is 0.461. The van der Waals surface area contributed by atoms with E-state index in [-0.39, 0.29) is 29.9 Å². The highest BCUT2D eigenvalue weighted by atomic mass is 127. The highest BCUT2D eigenvalue weighted by Gasteiger charge is 2.20. The van der Waals surface area contributed by atoms with E-state index >= 15 is 0 Å². The number of amides is 1. The molecule has 0 atom stereocenters. The van der Waals surface area contributed by atoms with Gasteiger partial charge in [-0.05, 0) is 24.3 Å². The number of halogens is 1. The molecule has 3 rings (SSSR count). The van der Waals surface area contributed by atoms with Gasteiger partial charge in [0.15, 0.2) is 11.0 Å². The van der Waals surface area contributed by atoms with Crippen molar-refractivity contribution in [1.82, 2.24) is 4.57 Å². The molecule has 0 aliphatic rings. The zero-order valence-electron chi connectivity index (χ0n) is 12.8. The van der Waals surface area contributed by atoms with Gasteiger partial charge in [0.2, 0.25) is 5.91 Å². The first-order valence-electron chi connectivity index (χ1n) is 6.92. The van der Waals surface area contributed by atoms with Crippen LogP contribution in [0.3, 0.4) is 0 Å². The molecular weight excluding hydrogens is 389 g/mol. The second-order valence-electron chi connectivity index (χ2n) is 5.16. The molecule has 4 nitrogen and oxygen atoms in total. The van der Waals surface area contributed by atoms with E-state index in [0.29, 0.717) is 0 Å². The summed E-state index contributed by atoms with van der Waals surface area (Å²) in [6.07, 6.45) is 0. The SMILES string of the molecule is CC(=O)Nc1ccc2c(c1)[n+](C)c(C)n2-c1ccccc1.[I-]. The van der Waals surface area contributed by atoms with Crippen LogP contribution in [0.2, 0.25) is 0 Å². The summed E-state index contributed by atoms with van der Waals surface area (Å²) in [4.78, 5) is 11.2. The topological polar surface area (TPSA) is 37.9 Å². The van der Waals surface area contributed by atoms with Gasteiger partial charge in [0.25, 0.3) is 5.82 Å². The first-order valence-corrected chi connectivity index (χ1v) is 6.92. The van der Waals surface area contributed by atoms with Gasteiger partial charge in [0.1, 0.15) is 5.69 Å². The minimum absolute atomic E-state index is 0. The lowest BCUT2D eigenvalue weighted by atomic mass is 10.2. The third kappa shape index (κ3) is 2.85. The lowest BCUT2D eigenvalue weighted by Crippen LogP contribution is -3.00. The number of anilines is 1. The molecule has 114 valence electrons. The molecule has 0 saturated heterocycles. The van der Waals surface area contributed by atoms with Gasteiger partial charge in [-0.15, -0.1) is 0 Å². The summed E-state index contributed by atoms with van der Waals surface area (Å²) >= 11 is 0. The van der Waals surface area contributed by atoms with Gasteiger partial charge in [-0.25, -0.2) is 4.57 Å². The zero-order valence-corrected chi connectivity index (χ0v) is 15.0. The van der Waals surface area contributed by atoms with Crippen molar-refractivity contribution < 1.29 is 33.3 Å². The van der Waals surface area contributed by atoms with Crippen LogP contribution in [-0.4, -0.2) is 10.5 Å². The molecular formula is C17H18IN3O. The van der Waals surface area contributed by atoms with Crippen LogP contribution in [0.4, 0.5) is 5.69 Å². The van der Waals surface area contributed by atoms with Crippen molar-refractivity contribution in [3.63, 3.8) is 0 Å². The standard InChI is InChI=1S/C17H17N3O.HI/c1-12(21)18-14-9-10-16-17(11-14)19(3)13(2)20(16)15-7-5-4-6-8-15;/h4-11H,1-3H3;1H. The van der Waals surface area contributed by atoms with Crippen molar-refractivity contribution >= 4 is 22.6 Å². The van der Waals surface area contributed by atoms with Crippen LogP contribution in [0.15, 0.2) is 48.5 Å². The van der Waals surface area contributed by atoms with Gasteiger partial charge in [-0.2, -0.15) is 4.57 Å². The molecule has 0 bridgehead atoms. The molecule has 2 aromatic carbocycles. The molecule has 0 saturated carbocycles. The Morgan fingerprint density at radius 3 is 2.45 bits per heavy atom. The molecule has 1 amide bonds. The summed E-state index contributed by atoms with van der Waals surface area (Å²) in [6.45, 7) is 3.61. The highest BCUT2D eigenvalue weighted by molar-refractivity contribution is 5.91. The number of rotatable bonds is 2. The molecule has 0 unspecified atom stereocenters. The van der Waals surface area contributed by atoms with Gasteiger partial charge < -0.3 is 29.3 Å². The predicted octanol–water partition coefficient (Wildman–Crippen LogP) is -0.274. The van der Waals surface area contributed by atoms with E-state index in [1.165, 1.54) is 6.92 Å². The average molecular weight is 407 g/mol. The number of carbonyl (C=O) groups excluding carboxylic acids is 1. The fourth-order valence-electron chi connectivity index (χ4n) is 2.66. The van der Waals surface area contributed by atoms with E-state index in [4.69, 9.17) is 0 Å². The summed E-state index contributed by atoms with van der Waals surface area (Å²) in [5.41, 5.74) is 4.15. The van der Waals surface area contributed by atoms with Crippen molar-refractivity contribution in [2.45, 2.75) is 13.8 Å². The van der Waals surface area contributed by atoms with E-state index in [2.05, 4.69) is 33.5 Å². The first kappa shape index (κ1) is 16.5. The number of para-hydroxylation sites is 1. The van der Waals surface area contributed by atoms with Crippen LogP contribution in [0.5, 0.6) is 0 Å². The summed E-state index contributed by atoms with van der Waals surface area (Å²) in [7, 11) is 2.04. The second-order valence-corrected chi connectivity index (χ2v) is 5.16. The second kappa shape index (κ2) is 6.48. The Morgan fingerprint density at radius 2 is 1.82 bits per heavy atom. The molecule has 1 aromatic heterocycles. The Morgan fingerprint density at radius 1 is 1.14 bits per heavy atom. The largest absolute Gasteiger partial charge is 1.00 e. The molecule has 5 heteroatoms. The minimum Gasteiger partial charge on any atom is -1.00 e. The molecule has 0 radical (unpaired) electrons. The molecule has 0 aliphatic heterocycles. The van der Waals surface area contributed by atoms with Crippen LogP contribution >= 0.6 is 0 Å². The number of nitrogens with one attached hydrogen (secondary N) is 1. The molecule has 0 aliphatic carbocycles. The predicted molar refractivity (Wildman–Crippen MR) is 83.5 cm³/mol.